The Bertz CT molecular complexity index is 311. The molecule has 0 N–H and O–H groups in total. The zero-order valence-corrected chi connectivity index (χ0v) is 9.98. The lowest BCUT2D eigenvalue weighted by Gasteiger charge is -2.14. The Labute approximate surface area is 96.8 Å². The Morgan fingerprint density at radius 3 is 2.62 bits per heavy atom. The maximum Gasteiger partial charge on any atom is 0.309 e. The number of esters is 1. The molecule has 1 atom stereocenters. The van der Waals surface area contributed by atoms with Crippen molar-refractivity contribution in [2.75, 3.05) is 6.61 Å². The van der Waals surface area contributed by atoms with Crippen molar-refractivity contribution in [2.24, 2.45) is 5.92 Å². The van der Waals surface area contributed by atoms with Crippen LogP contribution < -0.4 is 0 Å². The summed E-state index contributed by atoms with van der Waals surface area (Å²) in [4.78, 5) is 15.7. The Morgan fingerprint density at radius 2 is 2.06 bits per heavy atom. The van der Waals surface area contributed by atoms with E-state index in [-0.39, 0.29) is 11.9 Å². The average molecular weight is 221 g/mol. The van der Waals surface area contributed by atoms with E-state index >= 15 is 0 Å². The molecule has 0 aliphatic heterocycles. The van der Waals surface area contributed by atoms with Crippen molar-refractivity contribution in [3.05, 3.63) is 30.1 Å². The summed E-state index contributed by atoms with van der Waals surface area (Å²) in [5, 5.41) is 0. The van der Waals surface area contributed by atoms with Crippen LogP contribution in [0.2, 0.25) is 0 Å². The maximum atomic E-state index is 11.7. The molecule has 1 unspecified atom stereocenters. The highest BCUT2D eigenvalue weighted by Crippen LogP contribution is 2.15. The van der Waals surface area contributed by atoms with Crippen molar-refractivity contribution < 1.29 is 9.53 Å². The Morgan fingerprint density at radius 1 is 1.38 bits per heavy atom. The van der Waals surface area contributed by atoms with Gasteiger partial charge in [0.1, 0.15) is 0 Å². The first-order valence-electron chi connectivity index (χ1n) is 5.83. The summed E-state index contributed by atoms with van der Waals surface area (Å²) in [5.74, 6) is -0.103. The second-order valence-corrected chi connectivity index (χ2v) is 3.80. The van der Waals surface area contributed by atoms with E-state index in [9.17, 15) is 4.79 Å². The molecular weight excluding hydrogens is 202 g/mol. The van der Waals surface area contributed by atoms with E-state index in [1.807, 2.05) is 19.1 Å². The van der Waals surface area contributed by atoms with Crippen LogP contribution in [-0.4, -0.2) is 17.6 Å². The SMILES string of the molecule is CCCC(Cc1ccncc1)C(=O)OCC. The van der Waals surface area contributed by atoms with Gasteiger partial charge in [0.15, 0.2) is 0 Å². The fourth-order valence-electron chi connectivity index (χ4n) is 1.72. The lowest BCUT2D eigenvalue weighted by atomic mass is 9.96. The molecule has 0 bridgehead atoms. The van der Waals surface area contributed by atoms with Crippen molar-refractivity contribution in [1.29, 1.82) is 0 Å². The van der Waals surface area contributed by atoms with Gasteiger partial charge in [-0.05, 0) is 37.5 Å². The highest BCUT2D eigenvalue weighted by atomic mass is 16.5. The quantitative estimate of drug-likeness (QED) is 0.693. The van der Waals surface area contributed by atoms with Crippen molar-refractivity contribution in [2.45, 2.75) is 33.1 Å². The van der Waals surface area contributed by atoms with Crippen molar-refractivity contribution in [3.63, 3.8) is 0 Å². The zero-order valence-electron chi connectivity index (χ0n) is 9.98. The molecule has 0 spiro atoms. The predicted octanol–water partition coefficient (Wildman–Crippen LogP) is 2.60. The van der Waals surface area contributed by atoms with Crippen LogP contribution in [0.15, 0.2) is 24.5 Å². The Balaban J connectivity index is 2.60. The van der Waals surface area contributed by atoms with Gasteiger partial charge in [-0.25, -0.2) is 0 Å². The van der Waals surface area contributed by atoms with Gasteiger partial charge >= 0.3 is 5.97 Å². The number of rotatable bonds is 6. The van der Waals surface area contributed by atoms with E-state index in [1.165, 1.54) is 0 Å². The van der Waals surface area contributed by atoms with Gasteiger partial charge in [0.2, 0.25) is 0 Å². The van der Waals surface area contributed by atoms with E-state index in [0.717, 1.165) is 24.8 Å². The van der Waals surface area contributed by atoms with E-state index in [1.54, 1.807) is 12.4 Å². The van der Waals surface area contributed by atoms with E-state index in [4.69, 9.17) is 4.74 Å². The van der Waals surface area contributed by atoms with Crippen LogP contribution in [0.1, 0.15) is 32.3 Å². The van der Waals surface area contributed by atoms with Gasteiger partial charge in [-0.3, -0.25) is 9.78 Å². The molecule has 3 nitrogen and oxygen atoms in total. The first-order valence-corrected chi connectivity index (χ1v) is 5.83. The fourth-order valence-corrected chi connectivity index (χ4v) is 1.72. The molecule has 1 aromatic heterocycles. The van der Waals surface area contributed by atoms with Crippen LogP contribution in [0.5, 0.6) is 0 Å². The highest BCUT2D eigenvalue weighted by Gasteiger charge is 2.18. The van der Waals surface area contributed by atoms with Gasteiger partial charge in [0, 0.05) is 12.4 Å². The second kappa shape index (κ2) is 6.99. The highest BCUT2D eigenvalue weighted by molar-refractivity contribution is 5.72. The summed E-state index contributed by atoms with van der Waals surface area (Å²) in [6.45, 7) is 4.38. The number of carbonyl (C=O) groups excluding carboxylic acids is 1. The maximum absolute atomic E-state index is 11.7. The summed E-state index contributed by atoms with van der Waals surface area (Å²) in [7, 11) is 0. The normalized spacial score (nSPS) is 12.1. The molecule has 1 heterocycles. The molecule has 0 radical (unpaired) electrons. The first kappa shape index (κ1) is 12.7. The van der Waals surface area contributed by atoms with Gasteiger partial charge in [-0.15, -0.1) is 0 Å². The number of pyridine rings is 1. The summed E-state index contributed by atoms with van der Waals surface area (Å²) in [6, 6.07) is 3.89. The smallest absolute Gasteiger partial charge is 0.309 e. The molecular formula is C13H19NO2. The lowest BCUT2D eigenvalue weighted by Crippen LogP contribution is -2.20. The van der Waals surface area contributed by atoms with Gasteiger partial charge in [0.25, 0.3) is 0 Å². The molecule has 0 saturated carbocycles. The van der Waals surface area contributed by atoms with Crippen molar-refractivity contribution in [3.8, 4) is 0 Å². The van der Waals surface area contributed by atoms with Crippen LogP contribution in [0.25, 0.3) is 0 Å². The van der Waals surface area contributed by atoms with Gasteiger partial charge in [-0.1, -0.05) is 13.3 Å². The minimum atomic E-state index is -0.0823. The minimum absolute atomic E-state index is 0.0210. The van der Waals surface area contributed by atoms with E-state index in [0.29, 0.717) is 6.61 Å². The first-order chi connectivity index (χ1) is 7.77. The van der Waals surface area contributed by atoms with Crippen molar-refractivity contribution >= 4 is 5.97 Å². The molecule has 0 aliphatic carbocycles. The predicted molar refractivity (Wildman–Crippen MR) is 63.0 cm³/mol. The van der Waals surface area contributed by atoms with Crippen LogP contribution in [-0.2, 0) is 16.0 Å². The molecule has 0 aromatic carbocycles. The molecule has 88 valence electrons. The molecule has 1 aromatic rings. The standard InChI is InChI=1S/C13H19NO2/c1-3-5-12(13(15)16-4-2)10-11-6-8-14-9-7-11/h6-9,12H,3-5,10H2,1-2H3. The summed E-state index contributed by atoms with van der Waals surface area (Å²) in [6.07, 6.45) is 6.12. The van der Waals surface area contributed by atoms with Crippen molar-refractivity contribution in [1.82, 2.24) is 4.98 Å². The monoisotopic (exact) mass is 221 g/mol. The number of aromatic nitrogens is 1. The van der Waals surface area contributed by atoms with Gasteiger partial charge in [-0.2, -0.15) is 0 Å². The van der Waals surface area contributed by atoms with Crippen LogP contribution >= 0.6 is 0 Å². The number of hydrogen-bond donors (Lipinski definition) is 0. The summed E-state index contributed by atoms with van der Waals surface area (Å²) < 4.78 is 5.07. The third-order valence-electron chi connectivity index (χ3n) is 2.49. The lowest BCUT2D eigenvalue weighted by molar-refractivity contribution is -0.148. The van der Waals surface area contributed by atoms with Crippen LogP contribution in [0.3, 0.4) is 0 Å². The minimum Gasteiger partial charge on any atom is -0.466 e. The van der Waals surface area contributed by atoms with Gasteiger partial charge in [0.05, 0.1) is 12.5 Å². The molecule has 0 aliphatic rings. The molecule has 16 heavy (non-hydrogen) atoms. The molecule has 1 rings (SSSR count). The fraction of sp³-hybridized carbons (Fsp3) is 0.538. The third kappa shape index (κ3) is 4.01. The zero-order chi connectivity index (χ0) is 11.8. The van der Waals surface area contributed by atoms with E-state index in [2.05, 4.69) is 11.9 Å². The second-order valence-electron chi connectivity index (χ2n) is 3.80. The molecule has 0 saturated heterocycles. The van der Waals surface area contributed by atoms with E-state index < -0.39 is 0 Å². The topological polar surface area (TPSA) is 39.2 Å². The summed E-state index contributed by atoms with van der Waals surface area (Å²) in [5.41, 5.74) is 1.14. The summed E-state index contributed by atoms with van der Waals surface area (Å²) >= 11 is 0. The Hall–Kier alpha value is -1.38. The molecule has 3 heteroatoms. The molecule has 0 fully saturated rings. The van der Waals surface area contributed by atoms with Gasteiger partial charge < -0.3 is 4.74 Å². The number of carbonyl (C=O) groups is 1. The van der Waals surface area contributed by atoms with Crippen LogP contribution in [0.4, 0.5) is 0 Å². The molecule has 0 amide bonds. The largest absolute Gasteiger partial charge is 0.466 e. The average Bonchev–Trinajstić information content (AvgIpc) is 2.30. The van der Waals surface area contributed by atoms with Crippen LogP contribution in [0, 0.1) is 5.92 Å². The third-order valence-corrected chi connectivity index (χ3v) is 2.49. The number of ether oxygens (including phenoxy) is 1. The number of hydrogen-bond acceptors (Lipinski definition) is 3. The Kier molecular flexibility index (Phi) is 5.54. The number of nitrogens with zero attached hydrogens (tertiary/aromatic N) is 1.